The number of likely N-dealkylation sites (tertiary alicyclic amines) is 1. The summed E-state index contributed by atoms with van der Waals surface area (Å²) in [4.78, 5) is 7.10. The Morgan fingerprint density at radius 3 is 2.46 bits per heavy atom. The first kappa shape index (κ1) is 19.2. The van der Waals surface area contributed by atoms with Gasteiger partial charge in [-0.3, -0.25) is 4.99 Å². The summed E-state index contributed by atoms with van der Waals surface area (Å²) in [5.41, 5.74) is 7.62. The Kier molecular flexibility index (Phi) is 6.92. The zero-order valence-electron chi connectivity index (χ0n) is 16.1. The Bertz CT molecular complexity index is 561. The average Bonchev–Trinajstić information content (AvgIpc) is 2.97. The second kappa shape index (κ2) is 9.38. The van der Waals surface area contributed by atoms with Gasteiger partial charge in [-0.25, -0.2) is 0 Å². The van der Waals surface area contributed by atoms with E-state index in [2.05, 4.69) is 47.5 Å². The number of rotatable bonds is 5. The molecular formula is C21H34N4O. The van der Waals surface area contributed by atoms with Crippen LogP contribution in [-0.4, -0.2) is 49.2 Å². The van der Waals surface area contributed by atoms with Crippen LogP contribution in [0.4, 0.5) is 0 Å². The number of benzene rings is 1. The summed E-state index contributed by atoms with van der Waals surface area (Å²) in [7, 11) is 0. The van der Waals surface area contributed by atoms with Crippen LogP contribution in [0.1, 0.15) is 57.1 Å². The molecule has 1 atom stereocenters. The molecule has 0 amide bonds. The number of guanidine groups is 1. The Labute approximate surface area is 158 Å². The molecule has 3 rings (SSSR count). The topological polar surface area (TPSA) is 62.9 Å². The van der Waals surface area contributed by atoms with Crippen LogP contribution in [-0.2, 0) is 4.74 Å². The molecule has 0 aliphatic carbocycles. The van der Waals surface area contributed by atoms with Crippen molar-refractivity contribution in [3.05, 3.63) is 35.9 Å². The van der Waals surface area contributed by atoms with Crippen LogP contribution in [0.2, 0.25) is 0 Å². The fourth-order valence-electron chi connectivity index (χ4n) is 4.03. The zero-order valence-corrected chi connectivity index (χ0v) is 16.1. The van der Waals surface area contributed by atoms with Gasteiger partial charge in [-0.15, -0.1) is 0 Å². The SMILES string of the molecule is CC(NC1(CN=C(N)N2CCCCCC2)CCOCC1)c1ccccc1. The van der Waals surface area contributed by atoms with Gasteiger partial charge in [-0.05, 0) is 38.2 Å². The van der Waals surface area contributed by atoms with Crippen LogP contribution in [0.15, 0.2) is 35.3 Å². The minimum absolute atomic E-state index is 0.0377. The standard InChI is InChI=1S/C21H34N4O/c1-18(19-9-5-4-6-10-19)24-21(11-15-26-16-12-21)17-23-20(22)25-13-7-2-3-8-14-25/h4-6,9-10,18,24H,2-3,7-8,11-17H2,1H3,(H2,22,23). The smallest absolute Gasteiger partial charge is 0.191 e. The number of hydrogen-bond donors (Lipinski definition) is 2. The molecule has 0 aromatic heterocycles. The molecule has 2 fully saturated rings. The average molecular weight is 359 g/mol. The Morgan fingerprint density at radius 2 is 1.81 bits per heavy atom. The number of hydrogen-bond acceptors (Lipinski definition) is 3. The van der Waals surface area contributed by atoms with E-state index in [0.717, 1.165) is 45.7 Å². The number of nitrogens with zero attached hydrogens (tertiary/aromatic N) is 2. The van der Waals surface area contributed by atoms with E-state index in [1.165, 1.54) is 31.2 Å². The molecule has 0 spiro atoms. The van der Waals surface area contributed by atoms with Crippen molar-refractivity contribution in [2.45, 2.75) is 57.0 Å². The van der Waals surface area contributed by atoms with Crippen molar-refractivity contribution in [2.24, 2.45) is 10.7 Å². The van der Waals surface area contributed by atoms with Crippen molar-refractivity contribution in [3.8, 4) is 0 Å². The minimum atomic E-state index is -0.0377. The van der Waals surface area contributed by atoms with E-state index >= 15 is 0 Å². The zero-order chi connectivity index (χ0) is 18.2. The maximum absolute atomic E-state index is 6.35. The fourth-order valence-corrected chi connectivity index (χ4v) is 4.03. The summed E-state index contributed by atoms with van der Waals surface area (Å²) >= 11 is 0. The predicted molar refractivity (Wildman–Crippen MR) is 107 cm³/mol. The highest BCUT2D eigenvalue weighted by Gasteiger charge is 2.34. The maximum atomic E-state index is 6.35. The molecule has 0 saturated carbocycles. The molecule has 1 aromatic carbocycles. The summed E-state index contributed by atoms with van der Waals surface area (Å²) < 4.78 is 5.62. The van der Waals surface area contributed by atoms with Gasteiger partial charge >= 0.3 is 0 Å². The normalized spacial score (nSPS) is 22.7. The van der Waals surface area contributed by atoms with Crippen molar-refractivity contribution in [1.29, 1.82) is 0 Å². The van der Waals surface area contributed by atoms with Gasteiger partial charge in [-0.2, -0.15) is 0 Å². The molecule has 144 valence electrons. The molecule has 2 saturated heterocycles. The first-order valence-corrected chi connectivity index (χ1v) is 10.1. The molecule has 5 heteroatoms. The lowest BCUT2D eigenvalue weighted by Crippen LogP contribution is -2.53. The predicted octanol–water partition coefficient (Wildman–Crippen LogP) is 3.08. The second-order valence-electron chi connectivity index (χ2n) is 7.75. The van der Waals surface area contributed by atoms with E-state index in [1.54, 1.807) is 0 Å². The minimum Gasteiger partial charge on any atom is -0.381 e. The van der Waals surface area contributed by atoms with Crippen molar-refractivity contribution < 1.29 is 4.74 Å². The fraction of sp³-hybridized carbons (Fsp3) is 0.667. The number of nitrogens with one attached hydrogen (secondary N) is 1. The highest BCUT2D eigenvalue weighted by molar-refractivity contribution is 5.78. The van der Waals surface area contributed by atoms with Gasteiger partial charge in [0.15, 0.2) is 5.96 Å². The quantitative estimate of drug-likeness (QED) is 0.627. The van der Waals surface area contributed by atoms with Crippen LogP contribution in [0.25, 0.3) is 0 Å². The monoisotopic (exact) mass is 358 g/mol. The van der Waals surface area contributed by atoms with Gasteiger partial charge in [0, 0.05) is 37.9 Å². The molecule has 0 bridgehead atoms. The van der Waals surface area contributed by atoms with Crippen molar-refractivity contribution in [3.63, 3.8) is 0 Å². The van der Waals surface area contributed by atoms with Gasteiger partial charge in [0.25, 0.3) is 0 Å². The molecule has 3 N–H and O–H groups in total. The summed E-state index contributed by atoms with van der Waals surface area (Å²) in [6.07, 6.45) is 7.00. The molecule has 1 unspecified atom stereocenters. The van der Waals surface area contributed by atoms with Crippen molar-refractivity contribution in [1.82, 2.24) is 10.2 Å². The van der Waals surface area contributed by atoms with Gasteiger partial charge < -0.3 is 20.7 Å². The Balaban J connectivity index is 1.67. The molecule has 5 nitrogen and oxygen atoms in total. The van der Waals surface area contributed by atoms with Gasteiger partial charge in [-0.1, -0.05) is 43.2 Å². The largest absolute Gasteiger partial charge is 0.381 e. The van der Waals surface area contributed by atoms with E-state index in [1.807, 2.05) is 0 Å². The number of nitrogens with two attached hydrogens (primary N) is 1. The van der Waals surface area contributed by atoms with E-state index < -0.39 is 0 Å². The van der Waals surface area contributed by atoms with Crippen LogP contribution >= 0.6 is 0 Å². The number of aliphatic imine (C=N–C) groups is 1. The lowest BCUT2D eigenvalue weighted by atomic mass is 9.88. The molecule has 26 heavy (non-hydrogen) atoms. The van der Waals surface area contributed by atoms with E-state index in [4.69, 9.17) is 15.5 Å². The van der Waals surface area contributed by atoms with E-state index in [9.17, 15) is 0 Å². The Morgan fingerprint density at radius 1 is 1.15 bits per heavy atom. The number of ether oxygens (including phenoxy) is 1. The third kappa shape index (κ3) is 5.21. The first-order chi connectivity index (χ1) is 12.7. The van der Waals surface area contributed by atoms with Crippen LogP contribution < -0.4 is 11.1 Å². The molecular weight excluding hydrogens is 324 g/mol. The first-order valence-electron chi connectivity index (χ1n) is 10.1. The second-order valence-corrected chi connectivity index (χ2v) is 7.75. The Hall–Kier alpha value is -1.59. The molecule has 2 heterocycles. The van der Waals surface area contributed by atoms with E-state index in [0.29, 0.717) is 5.96 Å². The lowest BCUT2D eigenvalue weighted by molar-refractivity contribution is 0.0374. The molecule has 2 aliphatic rings. The van der Waals surface area contributed by atoms with Crippen molar-refractivity contribution in [2.75, 3.05) is 32.8 Å². The maximum Gasteiger partial charge on any atom is 0.191 e. The summed E-state index contributed by atoms with van der Waals surface area (Å²) in [5, 5.41) is 3.86. The lowest BCUT2D eigenvalue weighted by Gasteiger charge is -2.39. The van der Waals surface area contributed by atoms with Crippen molar-refractivity contribution >= 4 is 5.96 Å². The van der Waals surface area contributed by atoms with Gasteiger partial charge in [0.05, 0.1) is 6.54 Å². The summed E-state index contributed by atoms with van der Waals surface area (Å²) in [6.45, 7) is 6.60. The van der Waals surface area contributed by atoms with Crippen LogP contribution in [0, 0.1) is 0 Å². The molecule has 1 aromatic rings. The van der Waals surface area contributed by atoms with E-state index in [-0.39, 0.29) is 11.6 Å². The highest BCUT2D eigenvalue weighted by atomic mass is 16.5. The summed E-state index contributed by atoms with van der Waals surface area (Å²) in [6, 6.07) is 10.9. The third-order valence-corrected chi connectivity index (χ3v) is 5.75. The molecule has 2 aliphatic heterocycles. The van der Waals surface area contributed by atoms with Gasteiger partial charge in [0.1, 0.15) is 0 Å². The van der Waals surface area contributed by atoms with Gasteiger partial charge in [0.2, 0.25) is 0 Å². The van der Waals surface area contributed by atoms with Crippen LogP contribution in [0.5, 0.6) is 0 Å². The van der Waals surface area contributed by atoms with Crippen LogP contribution in [0.3, 0.4) is 0 Å². The highest BCUT2D eigenvalue weighted by Crippen LogP contribution is 2.26. The third-order valence-electron chi connectivity index (χ3n) is 5.75. The summed E-state index contributed by atoms with van der Waals surface area (Å²) in [5.74, 6) is 0.715. The molecule has 0 radical (unpaired) electrons.